The van der Waals surface area contributed by atoms with Crippen LogP contribution in [0.15, 0.2) is 23.2 Å². The van der Waals surface area contributed by atoms with E-state index < -0.39 is 0 Å². The first-order valence-electron chi connectivity index (χ1n) is 7.36. The molecule has 0 radical (unpaired) electrons. The van der Waals surface area contributed by atoms with Crippen LogP contribution in [0, 0.1) is 18.7 Å². The third kappa shape index (κ3) is 3.95. The highest BCUT2D eigenvalue weighted by atomic mass is 19.1. The van der Waals surface area contributed by atoms with E-state index in [9.17, 15) is 4.39 Å². The van der Waals surface area contributed by atoms with Gasteiger partial charge in [-0.05, 0) is 55.4 Å². The molecule has 1 aliphatic rings. The predicted octanol–water partition coefficient (Wildman–Crippen LogP) is 2.72. The van der Waals surface area contributed by atoms with E-state index in [-0.39, 0.29) is 5.82 Å². The van der Waals surface area contributed by atoms with Crippen molar-refractivity contribution >= 4 is 5.96 Å². The second-order valence-corrected chi connectivity index (χ2v) is 5.73. The van der Waals surface area contributed by atoms with Gasteiger partial charge in [-0.3, -0.25) is 4.99 Å². The molecular weight excluding hydrogens is 253 g/mol. The molecule has 2 rings (SSSR count). The van der Waals surface area contributed by atoms with Crippen LogP contribution >= 0.6 is 0 Å². The Bertz CT molecular complexity index is 477. The van der Waals surface area contributed by atoms with Crippen LogP contribution in [0.1, 0.15) is 30.9 Å². The molecule has 20 heavy (non-hydrogen) atoms. The van der Waals surface area contributed by atoms with Gasteiger partial charge in [-0.15, -0.1) is 0 Å². The van der Waals surface area contributed by atoms with Crippen molar-refractivity contribution in [1.29, 1.82) is 0 Å². The van der Waals surface area contributed by atoms with Crippen molar-refractivity contribution in [2.24, 2.45) is 16.6 Å². The van der Waals surface area contributed by atoms with Crippen LogP contribution in [-0.4, -0.2) is 30.5 Å². The molecule has 1 aliphatic heterocycles. The molecule has 0 spiro atoms. The molecule has 110 valence electrons. The average molecular weight is 277 g/mol. The molecule has 1 aromatic carbocycles. The molecule has 3 nitrogen and oxygen atoms in total. The second kappa shape index (κ2) is 6.73. The van der Waals surface area contributed by atoms with Crippen LogP contribution in [0.4, 0.5) is 4.39 Å². The maximum atomic E-state index is 13.0. The summed E-state index contributed by atoms with van der Waals surface area (Å²) in [5.74, 6) is 1.26. The summed E-state index contributed by atoms with van der Waals surface area (Å²) in [6.07, 6.45) is 3.18. The lowest BCUT2D eigenvalue weighted by molar-refractivity contribution is 0.277. The first kappa shape index (κ1) is 14.8. The second-order valence-electron chi connectivity index (χ2n) is 5.73. The summed E-state index contributed by atoms with van der Waals surface area (Å²) in [5.41, 5.74) is 8.15. The summed E-state index contributed by atoms with van der Waals surface area (Å²) in [5, 5.41) is 0. The molecule has 4 heteroatoms. The maximum Gasteiger partial charge on any atom is 0.191 e. The van der Waals surface area contributed by atoms with E-state index in [1.165, 1.54) is 18.9 Å². The van der Waals surface area contributed by atoms with E-state index in [1.807, 2.05) is 13.0 Å². The van der Waals surface area contributed by atoms with Gasteiger partial charge in [0.2, 0.25) is 0 Å². The quantitative estimate of drug-likeness (QED) is 0.682. The highest BCUT2D eigenvalue weighted by Gasteiger charge is 2.16. The summed E-state index contributed by atoms with van der Waals surface area (Å²) < 4.78 is 13.0. The number of nitrogens with two attached hydrogens (primary N) is 1. The molecule has 0 aliphatic carbocycles. The fourth-order valence-corrected chi connectivity index (χ4v) is 2.57. The number of piperidine rings is 1. The summed E-state index contributed by atoms with van der Waals surface area (Å²) in [6.45, 7) is 6.88. The SMILES string of the molecule is Cc1cc(F)ccc1CCN=C(N)N1CCC(C)CC1. The highest BCUT2D eigenvalue weighted by Crippen LogP contribution is 2.15. The zero-order valence-electron chi connectivity index (χ0n) is 12.4. The van der Waals surface area contributed by atoms with Gasteiger partial charge < -0.3 is 10.6 Å². The van der Waals surface area contributed by atoms with Gasteiger partial charge in [0.1, 0.15) is 5.82 Å². The fraction of sp³-hybridized carbons (Fsp3) is 0.562. The summed E-state index contributed by atoms with van der Waals surface area (Å²) in [6, 6.07) is 4.90. The van der Waals surface area contributed by atoms with Crippen LogP contribution in [-0.2, 0) is 6.42 Å². The molecule has 0 atom stereocenters. The van der Waals surface area contributed by atoms with Crippen LogP contribution in [0.5, 0.6) is 0 Å². The molecule has 0 aromatic heterocycles. The third-order valence-corrected chi connectivity index (χ3v) is 4.07. The monoisotopic (exact) mass is 277 g/mol. The van der Waals surface area contributed by atoms with E-state index >= 15 is 0 Å². The number of aryl methyl sites for hydroxylation is 1. The Hall–Kier alpha value is -1.58. The molecule has 0 unspecified atom stereocenters. The molecule has 0 bridgehead atoms. The topological polar surface area (TPSA) is 41.6 Å². The number of rotatable bonds is 3. The van der Waals surface area contributed by atoms with Crippen molar-refractivity contribution in [3.63, 3.8) is 0 Å². The van der Waals surface area contributed by atoms with Crippen molar-refractivity contribution in [3.05, 3.63) is 35.1 Å². The van der Waals surface area contributed by atoms with E-state index in [0.717, 1.165) is 36.6 Å². The zero-order chi connectivity index (χ0) is 14.5. The van der Waals surface area contributed by atoms with Crippen LogP contribution in [0.25, 0.3) is 0 Å². The standard InChI is InChI=1S/C16H24FN3/c1-12-6-9-20(10-7-12)16(18)19-8-5-14-3-4-15(17)11-13(14)2/h3-4,11-12H,5-10H2,1-2H3,(H2,18,19). The summed E-state index contributed by atoms with van der Waals surface area (Å²) >= 11 is 0. The van der Waals surface area contributed by atoms with Crippen molar-refractivity contribution in [1.82, 2.24) is 4.90 Å². The van der Waals surface area contributed by atoms with Crippen molar-refractivity contribution in [2.75, 3.05) is 19.6 Å². The largest absolute Gasteiger partial charge is 0.370 e. The number of guanidine groups is 1. The van der Waals surface area contributed by atoms with Gasteiger partial charge in [-0.2, -0.15) is 0 Å². The first-order valence-corrected chi connectivity index (χ1v) is 7.36. The lowest BCUT2D eigenvalue weighted by Crippen LogP contribution is -2.42. The lowest BCUT2D eigenvalue weighted by atomic mass is 10.00. The Balaban J connectivity index is 1.86. The van der Waals surface area contributed by atoms with Crippen LogP contribution in [0.2, 0.25) is 0 Å². The zero-order valence-corrected chi connectivity index (χ0v) is 12.4. The minimum absolute atomic E-state index is 0.184. The molecule has 1 saturated heterocycles. The number of likely N-dealkylation sites (tertiary alicyclic amines) is 1. The van der Waals surface area contributed by atoms with E-state index in [4.69, 9.17) is 5.73 Å². The highest BCUT2D eigenvalue weighted by molar-refractivity contribution is 5.78. The molecule has 1 fully saturated rings. The molecule has 1 aromatic rings. The normalized spacial score (nSPS) is 17.6. The minimum Gasteiger partial charge on any atom is -0.370 e. The van der Waals surface area contributed by atoms with Gasteiger partial charge in [-0.1, -0.05) is 13.0 Å². The molecule has 2 N–H and O–H groups in total. The number of nitrogens with zero attached hydrogens (tertiary/aromatic N) is 2. The van der Waals surface area contributed by atoms with E-state index in [1.54, 1.807) is 6.07 Å². The van der Waals surface area contributed by atoms with Crippen molar-refractivity contribution in [2.45, 2.75) is 33.1 Å². The molecule has 0 saturated carbocycles. The summed E-state index contributed by atoms with van der Waals surface area (Å²) in [7, 11) is 0. The average Bonchev–Trinajstić information content (AvgIpc) is 2.42. The fourth-order valence-electron chi connectivity index (χ4n) is 2.57. The first-order chi connectivity index (χ1) is 9.56. The smallest absolute Gasteiger partial charge is 0.191 e. The van der Waals surface area contributed by atoms with Gasteiger partial charge >= 0.3 is 0 Å². The number of halogens is 1. The molecule has 0 amide bonds. The Kier molecular flexibility index (Phi) is 4.99. The third-order valence-electron chi connectivity index (χ3n) is 4.07. The Morgan fingerprint density at radius 1 is 1.40 bits per heavy atom. The molecule has 1 heterocycles. The predicted molar refractivity (Wildman–Crippen MR) is 81.3 cm³/mol. The number of hydrogen-bond acceptors (Lipinski definition) is 1. The van der Waals surface area contributed by atoms with Crippen LogP contribution < -0.4 is 5.73 Å². The van der Waals surface area contributed by atoms with Gasteiger partial charge in [0.25, 0.3) is 0 Å². The van der Waals surface area contributed by atoms with Crippen molar-refractivity contribution < 1.29 is 4.39 Å². The Labute approximate surface area is 120 Å². The van der Waals surface area contributed by atoms with Gasteiger partial charge in [0.15, 0.2) is 5.96 Å². The summed E-state index contributed by atoms with van der Waals surface area (Å²) in [4.78, 5) is 6.62. The Morgan fingerprint density at radius 2 is 2.10 bits per heavy atom. The Morgan fingerprint density at radius 3 is 2.75 bits per heavy atom. The lowest BCUT2D eigenvalue weighted by Gasteiger charge is -2.31. The van der Waals surface area contributed by atoms with Gasteiger partial charge in [0.05, 0.1) is 0 Å². The number of hydrogen-bond donors (Lipinski definition) is 1. The molecular formula is C16H24FN3. The van der Waals surface area contributed by atoms with Crippen molar-refractivity contribution in [3.8, 4) is 0 Å². The van der Waals surface area contributed by atoms with Crippen LogP contribution in [0.3, 0.4) is 0 Å². The van der Waals surface area contributed by atoms with E-state index in [2.05, 4.69) is 16.8 Å². The minimum atomic E-state index is -0.184. The van der Waals surface area contributed by atoms with E-state index in [0.29, 0.717) is 12.5 Å². The van der Waals surface area contributed by atoms with Gasteiger partial charge in [0, 0.05) is 19.6 Å². The number of benzene rings is 1. The maximum absolute atomic E-state index is 13.0. The van der Waals surface area contributed by atoms with Gasteiger partial charge in [-0.25, -0.2) is 4.39 Å². The number of aliphatic imine (C=N–C) groups is 1.